The van der Waals surface area contributed by atoms with E-state index in [2.05, 4.69) is 12.6 Å². The summed E-state index contributed by atoms with van der Waals surface area (Å²) in [5, 5.41) is 9.61. The largest absolute Gasteiger partial charge is 0.477 e. The fourth-order valence-corrected chi connectivity index (χ4v) is 4.18. The second-order valence-electron chi connectivity index (χ2n) is 6.62. The van der Waals surface area contributed by atoms with Crippen molar-refractivity contribution < 1.29 is 14.3 Å². The molecule has 0 unspecified atom stereocenters. The minimum Gasteiger partial charge on any atom is -0.477 e. The molecule has 25 heavy (non-hydrogen) atoms. The number of halogens is 2. The Labute approximate surface area is 153 Å². The molecule has 0 bridgehead atoms. The van der Waals surface area contributed by atoms with Gasteiger partial charge in [0.05, 0.1) is 21.6 Å². The maximum Gasteiger partial charge on any atom is 0.341 e. The molecule has 2 aromatic rings. The minimum absolute atomic E-state index is 0.0136. The first-order chi connectivity index (χ1) is 11.9. The molecule has 1 aliphatic heterocycles. The van der Waals surface area contributed by atoms with E-state index in [1.807, 2.05) is 4.90 Å². The van der Waals surface area contributed by atoms with Gasteiger partial charge in [-0.25, -0.2) is 9.18 Å². The normalized spacial score (nSPS) is 20.4. The summed E-state index contributed by atoms with van der Waals surface area (Å²) >= 11 is 11.0. The number of aromatic carboxylic acids is 1. The van der Waals surface area contributed by atoms with Crippen LogP contribution in [0, 0.1) is 5.82 Å². The predicted molar refractivity (Wildman–Crippen MR) is 98.0 cm³/mol. The van der Waals surface area contributed by atoms with Crippen molar-refractivity contribution in [3.8, 4) is 0 Å². The Morgan fingerprint density at radius 3 is 2.64 bits per heavy atom. The summed E-state index contributed by atoms with van der Waals surface area (Å²) < 4.78 is 16.5. The highest BCUT2D eigenvalue weighted by molar-refractivity contribution is 7.81. The van der Waals surface area contributed by atoms with Gasteiger partial charge in [0, 0.05) is 30.6 Å². The molecule has 2 fully saturated rings. The van der Waals surface area contributed by atoms with Gasteiger partial charge in [0.2, 0.25) is 5.43 Å². The molecular weight excluding hydrogens is 367 g/mol. The van der Waals surface area contributed by atoms with Crippen molar-refractivity contribution >= 4 is 46.8 Å². The minimum atomic E-state index is -1.32. The summed E-state index contributed by atoms with van der Waals surface area (Å²) in [6.45, 7) is 1.21. The summed E-state index contributed by atoms with van der Waals surface area (Å²) in [4.78, 5) is 25.7. The predicted octanol–water partition coefficient (Wildman–Crippen LogP) is 3.34. The number of benzene rings is 1. The van der Waals surface area contributed by atoms with Crippen LogP contribution in [0.25, 0.3) is 10.9 Å². The summed E-state index contributed by atoms with van der Waals surface area (Å²) in [5.74, 6) is -1.93. The lowest BCUT2D eigenvalue weighted by Crippen LogP contribution is -2.23. The molecule has 1 atom stereocenters. The first kappa shape index (κ1) is 16.7. The second kappa shape index (κ2) is 5.92. The number of carbonyl (C=O) groups is 1. The number of pyridine rings is 1. The van der Waals surface area contributed by atoms with E-state index in [-0.39, 0.29) is 33.0 Å². The summed E-state index contributed by atoms with van der Waals surface area (Å²) in [5.41, 5.74) is -0.389. The fourth-order valence-electron chi connectivity index (χ4n) is 3.46. The van der Waals surface area contributed by atoms with Crippen LogP contribution in [0.3, 0.4) is 0 Å². The van der Waals surface area contributed by atoms with Crippen LogP contribution in [0.4, 0.5) is 10.1 Å². The maximum absolute atomic E-state index is 14.8. The highest BCUT2D eigenvalue weighted by Crippen LogP contribution is 2.42. The second-order valence-corrected chi connectivity index (χ2v) is 7.73. The third-order valence-electron chi connectivity index (χ3n) is 4.83. The molecule has 132 valence electrons. The molecule has 2 heterocycles. The zero-order valence-electron chi connectivity index (χ0n) is 13.2. The maximum atomic E-state index is 14.8. The van der Waals surface area contributed by atoms with Gasteiger partial charge in [-0.2, -0.15) is 12.6 Å². The van der Waals surface area contributed by atoms with Crippen molar-refractivity contribution in [2.24, 2.45) is 0 Å². The number of anilines is 1. The topological polar surface area (TPSA) is 62.5 Å². The van der Waals surface area contributed by atoms with Crippen LogP contribution >= 0.6 is 24.2 Å². The number of carboxylic acid groups (broad SMARTS) is 1. The van der Waals surface area contributed by atoms with Crippen molar-refractivity contribution in [3.05, 3.63) is 38.9 Å². The van der Waals surface area contributed by atoms with Crippen molar-refractivity contribution in [3.63, 3.8) is 0 Å². The number of hydrogen-bond donors (Lipinski definition) is 2. The van der Waals surface area contributed by atoms with Gasteiger partial charge in [-0.15, -0.1) is 0 Å². The van der Waals surface area contributed by atoms with Crippen LogP contribution in [0.2, 0.25) is 5.02 Å². The van der Waals surface area contributed by atoms with Crippen molar-refractivity contribution in [2.45, 2.75) is 30.6 Å². The number of nitrogens with zero attached hydrogens (tertiary/aromatic N) is 2. The quantitative estimate of drug-likeness (QED) is 0.799. The monoisotopic (exact) mass is 382 g/mol. The molecule has 1 aromatic heterocycles. The first-order valence-electron chi connectivity index (χ1n) is 8.11. The van der Waals surface area contributed by atoms with Gasteiger partial charge in [0.15, 0.2) is 0 Å². The molecule has 0 amide bonds. The Kier molecular flexibility index (Phi) is 3.96. The molecule has 1 aromatic carbocycles. The zero-order valence-corrected chi connectivity index (χ0v) is 14.9. The molecule has 1 aliphatic carbocycles. The SMILES string of the molecule is O=C(O)c1cn(C2CC2)c2c(Cl)c(N3CC[C@@H](S)C3)c(F)cc2c1=O. The average Bonchev–Trinajstić information content (AvgIpc) is 3.30. The number of thiol groups is 1. The molecule has 5 nitrogen and oxygen atoms in total. The smallest absolute Gasteiger partial charge is 0.341 e. The lowest BCUT2D eigenvalue weighted by atomic mass is 10.1. The van der Waals surface area contributed by atoms with Crippen LogP contribution in [0.15, 0.2) is 17.1 Å². The van der Waals surface area contributed by atoms with Crippen LogP contribution in [0.5, 0.6) is 0 Å². The molecule has 1 saturated heterocycles. The Balaban J connectivity index is 2.03. The molecule has 1 saturated carbocycles. The van der Waals surface area contributed by atoms with Crippen LogP contribution in [-0.2, 0) is 0 Å². The Morgan fingerprint density at radius 1 is 1.36 bits per heavy atom. The van der Waals surface area contributed by atoms with Crippen molar-refractivity contribution in [2.75, 3.05) is 18.0 Å². The highest BCUT2D eigenvalue weighted by Gasteiger charge is 2.31. The van der Waals surface area contributed by atoms with E-state index in [1.54, 1.807) is 4.57 Å². The Bertz CT molecular complexity index is 957. The summed E-state index contributed by atoms with van der Waals surface area (Å²) in [6, 6.07) is 1.21. The molecule has 1 N–H and O–H groups in total. The molecule has 0 spiro atoms. The Hall–Kier alpha value is -1.73. The number of hydrogen-bond acceptors (Lipinski definition) is 4. The molecule has 4 rings (SSSR count). The van der Waals surface area contributed by atoms with Crippen molar-refractivity contribution in [1.82, 2.24) is 4.57 Å². The van der Waals surface area contributed by atoms with E-state index in [9.17, 15) is 19.1 Å². The Morgan fingerprint density at radius 2 is 2.08 bits per heavy atom. The van der Waals surface area contributed by atoms with Gasteiger partial charge < -0.3 is 14.6 Å². The van der Waals surface area contributed by atoms with E-state index in [0.29, 0.717) is 18.6 Å². The van der Waals surface area contributed by atoms with Gasteiger partial charge >= 0.3 is 5.97 Å². The van der Waals surface area contributed by atoms with Gasteiger partial charge in [0.25, 0.3) is 0 Å². The standard InChI is InChI=1S/C17H16ClFN2O3S/c18-13-14-10(5-12(19)15(13)20-4-3-9(25)6-20)16(22)11(17(23)24)7-21(14)8-1-2-8/h5,7-9,25H,1-4,6H2,(H,23,24)/t9-/m1/s1. The fraction of sp³-hybridized carbons (Fsp3) is 0.412. The lowest BCUT2D eigenvalue weighted by molar-refractivity contribution is 0.0695. The molecular formula is C17H16ClFN2O3S. The van der Waals surface area contributed by atoms with Crippen molar-refractivity contribution in [1.29, 1.82) is 0 Å². The van der Waals surface area contributed by atoms with E-state index >= 15 is 0 Å². The van der Waals surface area contributed by atoms with Gasteiger partial charge in [-0.3, -0.25) is 4.79 Å². The van der Waals surface area contributed by atoms with Gasteiger partial charge in [0.1, 0.15) is 11.4 Å². The summed E-state index contributed by atoms with van der Waals surface area (Å²) in [6.07, 6.45) is 3.92. The van der Waals surface area contributed by atoms with E-state index in [0.717, 1.165) is 25.3 Å². The van der Waals surface area contributed by atoms with Crippen LogP contribution in [0.1, 0.15) is 35.7 Å². The van der Waals surface area contributed by atoms with Crippen LogP contribution < -0.4 is 10.3 Å². The van der Waals surface area contributed by atoms with Gasteiger partial charge in [-0.1, -0.05) is 11.6 Å². The third-order valence-corrected chi connectivity index (χ3v) is 5.61. The van der Waals surface area contributed by atoms with E-state index < -0.39 is 17.2 Å². The molecule has 8 heteroatoms. The zero-order chi connectivity index (χ0) is 17.9. The lowest BCUT2D eigenvalue weighted by Gasteiger charge is -2.23. The highest BCUT2D eigenvalue weighted by atomic mass is 35.5. The average molecular weight is 383 g/mol. The van der Waals surface area contributed by atoms with E-state index in [4.69, 9.17) is 11.6 Å². The number of fused-ring (bicyclic) bond motifs is 1. The molecule has 0 radical (unpaired) electrons. The third kappa shape index (κ3) is 2.69. The number of rotatable bonds is 3. The number of carboxylic acids is 1. The van der Waals surface area contributed by atoms with E-state index in [1.165, 1.54) is 6.20 Å². The number of aromatic nitrogens is 1. The van der Waals surface area contributed by atoms with Gasteiger partial charge in [-0.05, 0) is 25.3 Å². The van der Waals surface area contributed by atoms with Crippen LogP contribution in [-0.4, -0.2) is 34.0 Å². The molecule has 2 aliphatic rings. The first-order valence-corrected chi connectivity index (χ1v) is 9.01. The summed E-state index contributed by atoms with van der Waals surface area (Å²) in [7, 11) is 0.